The molecule has 2 aromatic carbocycles. The van der Waals surface area contributed by atoms with Gasteiger partial charge in [0.15, 0.2) is 5.71 Å². The Morgan fingerprint density at radius 3 is 2.45 bits per heavy atom. The van der Waals surface area contributed by atoms with Gasteiger partial charge in [-0.15, -0.1) is 0 Å². The summed E-state index contributed by atoms with van der Waals surface area (Å²) >= 11 is 0. The van der Waals surface area contributed by atoms with Crippen molar-refractivity contribution in [1.82, 2.24) is 0 Å². The van der Waals surface area contributed by atoms with E-state index in [4.69, 9.17) is 4.84 Å². The monoisotopic (exact) mass is 295 g/mol. The molecular formula is C18H17NO3. The van der Waals surface area contributed by atoms with E-state index in [0.29, 0.717) is 12.2 Å². The standard InChI is InChI=1S/C18H17NO3/c1-2-22-19-17(18(20)21)16-11-7-6-10-15(16)13-12-14-8-4-3-5-9-14/h3-13H,2H2,1H3,(H,20,21). The van der Waals surface area contributed by atoms with Crippen molar-refractivity contribution in [3.63, 3.8) is 0 Å². The van der Waals surface area contributed by atoms with Gasteiger partial charge in [-0.25, -0.2) is 4.79 Å². The van der Waals surface area contributed by atoms with E-state index in [-0.39, 0.29) is 5.71 Å². The number of oxime groups is 1. The van der Waals surface area contributed by atoms with Crippen molar-refractivity contribution >= 4 is 23.8 Å². The Kier molecular flexibility index (Phi) is 5.49. The normalized spacial score (nSPS) is 11.6. The fourth-order valence-electron chi connectivity index (χ4n) is 1.94. The van der Waals surface area contributed by atoms with Gasteiger partial charge in [-0.1, -0.05) is 71.9 Å². The number of nitrogens with zero attached hydrogens (tertiary/aromatic N) is 1. The molecule has 22 heavy (non-hydrogen) atoms. The first-order chi connectivity index (χ1) is 10.7. The van der Waals surface area contributed by atoms with E-state index in [9.17, 15) is 9.90 Å². The van der Waals surface area contributed by atoms with Crippen LogP contribution in [0.4, 0.5) is 0 Å². The third kappa shape index (κ3) is 4.06. The van der Waals surface area contributed by atoms with Gasteiger partial charge in [-0.3, -0.25) is 0 Å². The van der Waals surface area contributed by atoms with Crippen LogP contribution in [0.2, 0.25) is 0 Å². The molecule has 0 amide bonds. The van der Waals surface area contributed by atoms with Gasteiger partial charge in [0.2, 0.25) is 0 Å². The van der Waals surface area contributed by atoms with Crippen molar-refractivity contribution in [3.05, 3.63) is 71.3 Å². The number of benzene rings is 2. The molecule has 0 saturated heterocycles. The second kappa shape index (κ2) is 7.78. The topological polar surface area (TPSA) is 58.9 Å². The van der Waals surface area contributed by atoms with Gasteiger partial charge in [0.05, 0.1) is 0 Å². The van der Waals surface area contributed by atoms with Crippen molar-refractivity contribution in [2.75, 3.05) is 6.61 Å². The molecule has 0 spiro atoms. The van der Waals surface area contributed by atoms with Crippen LogP contribution in [0.3, 0.4) is 0 Å². The molecule has 0 radical (unpaired) electrons. The van der Waals surface area contributed by atoms with E-state index in [2.05, 4.69) is 5.16 Å². The van der Waals surface area contributed by atoms with Crippen molar-refractivity contribution in [3.8, 4) is 0 Å². The summed E-state index contributed by atoms with van der Waals surface area (Å²) in [6, 6.07) is 17.0. The molecule has 0 aromatic heterocycles. The minimum Gasteiger partial charge on any atom is -0.476 e. The van der Waals surface area contributed by atoms with E-state index < -0.39 is 5.97 Å². The highest BCUT2D eigenvalue weighted by Crippen LogP contribution is 2.15. The second-order valence-corrected chi connectivity index (χ2v) is 4.49. The first-order valence-corrected chi connectivity index (χ1v) is 6.98. The SMILES string of the molecule is CCON=C(C(=O)O)c1ccccc1C=Cc1ccccc1. The fourth-order valence-corrected chi connectivity index (χ4v) is 1.94. The van der Waals surface area contributed by atoms with E-state index >= 15 is 0 Å². The van der Waals surface area contributed by atoms with Gasteiger partial charge in [0.1, 0.15) is 6.61 Å². The van der Waals surface area contributed by atoms with E-state index in [0.717, 1.165) is 11.1 Å². The summed E-state index contributed by atoms with van der Waals surface area (Å²) in [5, 5.41) is 13.0. The predicted octanol–water partition coefficient (Wildman–Crippen LogP) is 3.68. The molecule has 0 fully saturated rings. The molecule has 0 aliphatic heterocycles. The molecule has 0 unspecified atom stereocenters. The highest BCUT2D eigenvalue weighted by molar-refractivity contribution is 6.43. The van der Waals surface area contributed by atoms with Crippen LogP contribution in [0.25, 0.3) is 12.2 Å². The molecule has 0 aliphatic carbocycles. The lowest BCUT2D eigenvalue weighted by Crippen LogP contribution is -2.16. The molecule has 2 rings (SSSR count). The third-order valence-electron chi connectivity index (χ3n) is 2.96. The lowest BCUT2D eigenvalue weighted by Gasteiger charge is -2.06. The lowest BCUT2D eigenvalue weighted by molar-refractivity contribution is -0.129. The highest BCUT2D eigenvalue weighted by atomic mass is 16.6. The van der Waals surface area contributed by atoms with E-state index in [1.807, 2.05) is 54.6 Å². The minimum atomic E-state index is -1.12. The molecule has 112 valence electrons. The second-order valence-electron chi connectivity index (χ2n) is 4.49. The lowest BCUT2D eigenvalue weighted by atomic mass is 10.0. The van der Waals surface area contributed by atoms with E-state index in [1.165, 1.54) is 0 Å². The van der Waals surface area contributed by atoms with Crippen LogP contribution in [0.1, 0.15) is 23.6 Å². The summed E-state index contributed by atoms with van der Waals surface area (Å²) in [5.74, 6) is -1.12. The zero-order valence-corrected chi connectivity index (χ0v) is 12.3. The molecule has 0 aliphatic rings. The Labute approximate surface area is 129 Å². The third-order valence-corrected chi connectivity index (χ3v) is 2.96. The van der Waals surface area contributed by atoms with Crippen LogP contribution in [0, 0.1) is 0 Å². The fraction of sp³-hybridized carbons (Fsp3) is 0.111. The first kappa shape index (κ1) is 15.5. The summed E-state index contributed by atoms with van der Waals surface area (Å²) < 4.78 is 0. The Morgan fingerprint density at radius 2 is 1.77 bits per heavy atom. The number of carboxylic acid groups (broad SMARTS) is 1. The molecule has 0 saturated carbocycles. The predicted molar refractivity (Wildman–Crippen MR) is 87.6 cm³/mol. The van der Waals surface area contributed by atoms with Crippen molar-refractivity contribution in [2.45, 2.75) is 6.92 Å². The van der Waals surface area contributed by atoms with Crippen LogP contribution in [0.15, 0.2) is 59.8 Å². The Bertz CT molecular complexity index is 690. The van der Waals surface area contributed by atoms with Crippen molar-refractivity contribution < 1.29 is 14.7 Å². The average molecular weight is 295 g/mol. The van der Waals surface area contributed by atoms with Crippen LogP contribution in [-0.4, -0.2) is 23.4 Å². The molecule has 1 N–H and O–H groups in total. The van der Waals surface area contributed by atoms with Crippen LogP contribution < -0.4 is 0 Å². The van der Waals surface area contributed by atoms with Gasteiger partial charge >= 0.3 is 5.97 Å². The number of hydrogen-bond acceptors (Lipinski definition) is 3. The molecule has 4 nitrogen and oxygen atoms in total. The number of rotatable bonds is 6. The molecular weight excluding hydrogens is 278 g/mol. The van der Waals surface area contributed by atoms with Gasteiger partial charge in [-0.2, -0.15) is 0 Å². The molecule has 2 aromatic rings. The summed E-state index contributed by atoms with van der Waals surface area (Å²) in [6.45, 7) is 2.07. The van der Waals surface area contributed by atoms with Gasteiger partial charge < -0.3 is 9.94 Å². The van der Waals surface area contributed by atoms with Gasteiger partial charge in [0, 0.05) is 5.56 Å². The van der Waals surface area contributed by atoms with Crippen LogP contribution in [-0.2, 0) is 9.63 Å². The van der Waals surface area contributed by atoms with Crippen molar-refractivity contribution in [2.24, 2.45) is 5.16 Å². The zero-order valence-electron chi connectivity index (χ0n) is 12.3. The minimum absolute atomic E-state index is 0.102. The first-order valence-electron chi connectivity index (χ1n) is 6.98. The quantitative estimate of drug-likeness (QED) is 0.502. The average Bonchev–Trinajstić information content (AvgIpc) is 2.55. The summed E-state index contributed by atoms with van der Waals surface area (Å²) in [4.78, 5) is 16.3. The maximum absolute atomic E-state index is 11.4. The van der Waals surface area contributed by atoms with Crippen molar-refractivity contribution in [1.29, 1.82) is 0 Å². The highest BCUT2D eigenvalue weighted by Gasteiger charge is 2.16. The Morgan fingerprint density at radius 1 is 1.09 bits per heavy atom. The number of carbonyl (C=O) groups is 1. The van der Waals surface area contributed by atoms with Crippen LogP contribution >= 0.6 is 0 Å². The Balaban J connectivity index is 2.37. The molecule has 0 atom stereocenters. The number of aliphatic carboxylic acids is 1. The smallest absolute Gasteiger partial charge is 0.358 e. The molecule has 0 heterocycles. The zero-order chi connectivity index (χ0) is 15.8. The summed E-state index contributed by atoms with van der Waals surface area (Å²) in [7, 11) is 0. The molecule has 0 bridgehead atoms. The maximum atomic E-state index is 11.4. The summed E-state index contributed by atoms with van der Waals surface area (Å²) in [6.07, 6.45) is 3.80. The summed E-state index contributed by atoms with van der Waals surface area (Å²) in [5.41, 5.74) is 2.23. The Hall–Kier alpha value is -2.88. The largest absolute Gasteiger partial charge is 0.476 e. The number of hydrogen-bond donors (Lipinski definition) is 1. The van der Waals surface area contributed by atoms with E-state index in [1.54, 1.807) is 19.1 Å². The van der Waals surface area contributed by atoms with Gasteiger partial charge in [0.25, 0.3) is 0 Å². The maximum Gasteiger partial charge on any atom is 0.358 e. The van der Waals surface area contributed by atoms with Crippen LogP contribution in [0.5, 0.6) is 0 Å². The van der Waals surface area contributed by atoms with Gasteiger partial charge in [-0.05, 0) is 18.1 Å². The molecule has 4 heteroatoms. The number of carboxylic acids is 1.